The van der Waals surface area contributed by atoms with Gasteiger partial charge < -0.3 is 22.6 Å². The first kappa shape index (κ1) is 13.2. The molecule has 0 aromatic heterocycles. The van der Waals surface area contributed by atoms with Gasteiger partial charge in [0.15, 0.2) is 0 Å². The molecular formula is C7H8ClFeO2+2. The van der Waals surface area contributed by atoms with Crippen molar-refractivity contribution >= 4 is 0 Å². The summed E-state index contributed by atoms with van der Waals surface area (Å²) in [4.78, 5) is 0. The van der Waals surface area contributed by atoms with Gasteiger partial charge in [0, 0.05) is 6.07 Å². The maximum atomic E-state index is 8.83. The van der Waals surface area contributed by atoms with E-state index < -0.39 is 0 Å². The van der Waals surface area contributed by atoms with Gasteiger partial charge in [-0.2, -0.15) is 0 Å². The van der Waals surface area contributed by atoms with E-state index >= 15 is 0 Å². The predicted octanol–water partition coefficient (Wildman–Crippen LogP) is -1.59. The van der Waals surface area contributed by atoms with Gasteiger partial charge in [0.05, 0.1) is 0 Å². The molecule has 0 atom stereocenters. The fourth-order valence-corrected chi connectivity index (χ4v) is 0.743. The van der Waals surface area contributed by atoms with Gasteiger partial charge in [0.1, 0.15) is 11.5 Å². The zero-order valence-electron chi connectivity index (χ0n) is 5.86. The van der Waals surface area contributed by atoms with Crippen molar-refractivity contribution in [1.82, 2.24) is 0 Å². The number of phenolic OH excluding ortho intramolecular Hbond substituents is 2. The van der Waals surface area contributed by atoms with Crippen LogP contribution in [-0.2, 0) is 17.1 Å². The largest absolute Gasteiger partial charge is 3.00 e. The molecule has 2 nitrogen and oxygen atoms in total. The van der Waals surface area contributed by atoms with Crippen molar-refractivity contribution in [2.45, 2.75) is 6.92 Å². The molecule has 0 spiro atoms. The average Bonchev–Trinajstić information content (AvgIpc) is 1.59. The molecule has 0 bridgehead atoms. The molecular weight excluding hydrogens is 207 g/mol. The van der Waals surface area contributed by atoms with Crippen molar-refractivity contribution in [3.8, 4) is 11.5 Å². The summed E-state index contributed by atoms with van der Waals surface area (Å²) in [5.74, 6) is 0.208. The van der Waals surface area contributed by atoms with Crippen LogP contribution in [0.25, 0.3) is 0 Å². The third-order valence-electron chi connectivity index (χ3n) is 1.05. The number of rotatable bonds is 0. The summed E-state index contributed by atoms with van der Waals surface area (Å²) in [5, 5.41) is 17.7. The number of phenols is 2. The van der Waals surface area contributed by atoms with E-state index in [0.717, 1.165) is 5.56 Å². The second kappa shape index (κ2) is 5.30. The zero-order valence-corrected chi connectivity index (χ0v) is 7.72. The Morgan fingerprint density at radius 3 is 1.64 bits per heavy atom. The molecule has 0 aliphatic heterocycles. The number of hydrogen-bond acceptors (Lipinski definition) is 2. The van der Waals surface area contributed by atoms with Crippen LogP contribution in [0.5, 0.6) is 11.5 Å². The van der Waals surface area contributed by atoms with Gasteiger partial charge in [0.2, 0.25) is 0 Å². The SMILES string of the molecule is Cc1cc(O)cc(O)c1.[Cl-].[Fe+3]. The molecule has 1 rings (SSSR count). The Balaban J connectivity index is 0. The topological polar surface area (TPSA) is 40.5 Å². The standard InChI is InChI=1S/C7H8O2.ClH.Fe/c1-5-2-6(8)4-7(9)3-5;;/h2-4,8-9H,1H3;1H;/q;;+3/p-1. The van der Waals surface area contributed by atoms with Gasteiger partial charge in [-0.1, -0.05) is 0 Å². The second-order valence-electron chi connectivity index (χ2n) is 2.03. The van der Waals surface area contributed by atoms with Crippen molar-refractivity contribution in [3.63, 3.8) is 0 Å². The van der Waals surface area contributed by atoms with Gasteiger partial charge in [-0.15, -0.1) is 0 Å². The molecule has 0 unspecified atom stereocenters. The number of aromatic hydroxyl groups is 2. The molecule has 11 heavy (non-hydrogen) atoms. The summed E-state index contributed by atoms with van der Waals surface area (Å²) in [6, 6.07) is 4.46. The Hall–Kier alpha value is -0.371. The minimum absolute atomic E-state index is 0. The van der Waals surface area contributed by atoms with Crippen LogP contribution in [0.4, 0.5) is 0 Å². The molecule has 2 N–H and O–H groups in total. The summed E-state index contributed by atoms with van der Waals surface area (Å²) in [6.07, 6.45) is 0. The summed E-state index contributed by atoms with van der Waals surface area (Å²) < 4.78 is 0. The van der Waals surface area contributed by atoms with E-state index in [1.165, 1.54) is 6.07 Å². The fourth-order valence-electron chi connectivity index (χ4n) is 0.743. The van der Waals surface area contributed by atoms with Gasteiger partial charge in [-0.3, -0.25) is 0 Å². The van der Waals surface area contributed by atoms with Crippen molar-refractivity contribution in [2.75, 3.05) is 0 Å². The normalized spacial score (nSPS) is 7.73. The van der Waals surface area contributed by atoms with Crippen LogP contribution in [0, 0.1) is 6.92 Å². The minimum atomic E-state index is 0. The van der Waals surface area contributed by atoms with Crippen LogP contribution in [0.15, 0.2) is 18.2 Å². The van der Waals surface area contributed by atoms with Crippen LogP contribution in [-0.4, -0.2) is 10.2 Å². The van der Waals surface area contributed by atoms with Gasteiger partial charge in [-0.05, 0) is 24.6 Å². The van der Waals surface area contributed by atoms with E-state index in [0.29, 0.717) is 0 Å². The van der Waals surface area contributed by atoms with Crippen LogP contribution < -0.4 is 12.4 Å². The average molecular weight is 215 g/mol. The molecule has 4 heteroatoms. The molecule has 0 aliphatic carbocycles. The maximum Gasteiger partial charge on any atom is 3.00 e. The molecule has 0 fully saturated rings. The number of aryl methyl sites for hydroxylation is 1. The molecule has 1 radical (unpaired) electrons. The summed E-state index contributed by atoms with van der Waals surface area (Å²) in [6.45, 7) is 1.80. The third-order valence-corrected chi connectivity index (χ3v) is 1.05. The maximum absolute atomic E-state index is 8.83. The van der Waals surface area contributed by atoms with Crippen molar-refractivity contribution < 1.29 is 39.7 Å². The Morgan fingerprint density at radius 1 is 1.00 bits per heavy atom. The molecule has 0 amide bonds. The number of hydrogen-bond donors (Lipinski definition) is 2. The molecule has 0 aliphatic rings. The van der Waals surface area contributed by atoms with Crippen LogP contribution in [0.3, 0.4) is 0 Å². The number of halogens is 1. The molecule has 61 valence electrons. The van der Waals surface area contributed by atoms with E-state index in [1.54, 1.807) is 19.1 Å². The molecule has 0 heterocycles. The first-order chi connectivity index (χ1) is 4.18. The predicted molar refractivity (Wildman–Crippen MR) is 34.5 cm³/mol. The van der Waals surface area contributed by atoms with Crippen LogP contribution in [0.2, 0.25) is 0 Å². The Labute approximate surface area is 82.1 Å². The molecule has 0 saturated carbocycles. The fraction of sp³-hybridized carbons (Fsp3) is 0.143. The zero-order chi connectivity index (χ0) is 6.85. The van der Waals surface area contributed by atoms with E-state index in [1.807, 2.05) is 0 Å². The molecule has 1 aromatic rings. The third kappa shape index (κ3) is 4.14. The van der Waals surface area contributed by atoms with Crippen molar-refractivity contribution in [1.29, 1.82) is 0 Å². The number of benzene rings is 1. The monoisotopic (exact) mass is 215 g/mol. The summed E-state index contributed by atoms with van der Waals surface area (Å²) in [5.41, 5.74) is 0.854. The van der Waals surface area contributed by atoms with Gasteiger partial charge in [-0.25, -0.2) is 0 Å². The Morgan fingerprint density at radius 2 is 1.36 bits per heavy atom. The smallest absolute Gasteiger partial charge is 1.00 e. The van der Waals surface area contributed by atoms with Crippen LogP contribution in [0.1, 0.15) is 5.56 Å². The first-order valence-electron chi connectivity index (χ1n) is 2.68. The second-order valence-corrected chi connectivity index (χ2v) is 2.03. The molecule has 1 aromatic carbocycles. The van der Waals surface area contributed by atoms with E-state index in [-0.39, 0.29) is 41.0 Å². The van der Waals surface area contributed by atoms with Gasteiger partial charge in [0.25, 0.3) is 0 Å². The Bertz CT molecular complexity index is 177. The van der Waals surface area contributed by atoms with E-state index in [2.05, 4.69) is 0 Å². The Kier molecular flexibility index (Phi) is 6.38. The quantitative estimate of drug-likeness (QED) is 0.512. The summed E-state index contributed by atoms with van der Waals surface area (Å²) in [7, 11) is 0. The van der Waals surface area contributed by atoms with Crippen LogP contribution >= 0.6 is 0 Å². The first-order valence-corrected chi connectivity index (χ1v) is 2.68. The summed E-state index contributed by atoms with van der Waals surface area (Å²) >= 11 is 0. The van der Waals surface area contributed by atoms with E-state index in [4.69, 9.17) is 10.2 Å². The van der Waals surface area contributed by atoms with Crippen molar-refractivity contribution in [2.24, 2.45) is 0 Å². The molecule has 0 saturated heterocycles. The van der Waals surface area contributed by atoms with Gasteiger partial charge >= 0.3 is 17.1 Å². The van der Waals surface area contributed by atoms with Crippen molar-refractivity contribution in [3.05, 3.63) is 23.8 Å². The van der Waals surface area contributed by atoms with E-state index in [9.17, 15) is 0 Å². The minimum Gasteiger partial charge on any atom is -1.00 e.